The molecule has 0 bridgehead atoms. The van der Waals surface area contributed by atoms with Gasteiger partial charge in [0.25, 0.3) is 5.56 Å². The Labute approximate surface area is 168 Å². The molecule has 6 heteroatoms. The Morgan fingerprint density at radius 1 is 1.21 bits per heavy atom. The summed E-state index contributed by atoms with van der Waals surface area (Å²) in [6, 6.07) is 19.3. The van der Waals surface area contributed by atoms with Crippen LogP contribution in [0.5, 0.6) is 5.75 Å². The normalized spacial score (nSPS) is 15.4. The lowest BCUT2D eigenvalue weighted by atomic mass is 9.85. The summed E-state index contributed by atoms with van der Waals surface area (Å²) in [5.74, 6) is 0.0126. The van der Waals surface area contributed by atoms with Crippen LogP contribution in [0.25, 0.3) is 0 Å². The van der Waals surface area contributed by atoms with Crippen molar-refractivity contribution in [1.29, 1.82) is 5.26 Å². The zero-order valence-electron chi connectivity index (χ0n) is 16.0. The summed E-state index contributed by atoms with van der Waals surface area (Å²) in [5.41, 5.74) is 9.12. The van der Waals surface area contributed by atoms with Crippen molar-refractivity contribution in [3.63, 3.8) is 0 Å². The van der Waals surface area contributed by atoms with Crippen molar-refractivity contribution in [3.8, 4) is 11.8 Å². The minimum absolute atomic E-state index is 0.0576. The van der Waals surface area contributed by atoms with E-state index in [0.717, 1.165) is 17.0 Å². The summed E-state index contributed by atoms with van der Waals surface area (Å²) in [6.45, 7) is 2.19. The van der Waals surface area contributed by atoms with Gasteiger partial charge in [-0.2, -0.15) is 5.26 Å². The van der Waals surface area contributed by atoms with Crippen molar-refractivity contribution < 1.29 is 4.74 Å². The van der Waals surface area contributed by atoms with Gasteiger partial charge in [0.1, 0.15) is 11.8 Å². The van der Waals surface area contributed by atoms with E-state index in [9.17, 15) is 10.1 Å². The average Bonchev–Trinajstić information content (AvgIpc) is 2.72. The van der Waals surface area contributed by atoms with Crippen LogP contribution in [0.15, 0.2) is 77.0 Å². The van der Waals surface area contributed by atoms with E-state index < -0.39 is 5.92 Å². The third-order valence-electron chi connectivity index (χ3n) is 5.14. The number of benzene rings is 1. The number of hydrogen-bond acceptors (Lipinski definition) is 5. The van der Waals surface area contributed by atoms with Crippen molar-refractivity contribution >= 4 is 0 Å². The summed E-state index contributed by atoms with van der Waals surface area (Å²) >= 11 is 0. The monoisotopic (exact) mass is 384 g/mol. The maximum absolute atomic E-state index is 13.5. The first-order valence-electron chi connectivity index (χ1n) is 9.34. The number of hydrogen-bond donors (Lipinski definition) is 1. The summed E-state index contributed by atoms with van der Waals surface area (Å²) in [5, 5.41) is 9.70. The smallest absolute Gasteiger partial charge is 0.258 e. The van der Waals surface area contributed by atoms with Gasteiger partial charge in [-0.15, -0.1) is 0 Å². The molecule has 0 amide bonds. The second kappa shape index (κ2) is 7.64. The van der Waals surface area contributed by atoms with Gasteiger partial charge < -0.3 is 15.0 Å². The third-order valence-corrected chi connectivity index (χ3v) is 5.14. The van der Waals surface area contributed by atoms with Gasteiger partial charge in [0.05, 0.1) is 23.4 Å². The molecule has 1 atom stereocenters. The number of pyridine rings is 2. The van der Waals surface area contributed by atoms with Crippen LogP contribution in [0, 0.1) is 18.3 Å². The molecule has 1 unspecified atom stereocenters. The van der Waals surface area contributed by atoms with Gasteiger partial charge in [0, 0.05) is 23.9 Å². The molecular weight excluding hydrogens is 364 g/mol. The number of fused-ring (bicyclic) bond motifs is 1. The Morgan fingerprint density at radius 2 is 1.97 bits per heavy atom. The molecule has 29 heavy (non-hydrogen) atoms. The second-order valence-electron chi connectivity index (χ2n) is 7.01. The molecule has 2 aromatic heterocycles. The van der Waals surface area contributed by atoms with Crippen LogP contribution in [0.3, 0.4) is 0 Å². The Bertz CT molecular complexity index is 1180. The molecule has 0 radical (unpaired) electrons. The number of ether oxygens (including phenoxy) is 1. The highest BCUT2D eigenvalue weighted by Crippen LogP contribution is 2.38. The molecule has 4 rings (SSSR count). The Kier molecular flexibility index (Phi) is 4.88. The number of rotatable bonds is 4. The van der Waals surface area contributed by atoms with Crippen LogP contribution in [-0.4, -0.2) is 9.55 Å². The van der Waals surface area contributed by atoms with Crippen molar-refractivity contribution in [1.82, 2.24) is 9.55 Å². The Hall–Kier alpha value is -3.85. The van der Waals surface area contributed by atoms with Crippen LogP contribution >= 0.6 is 0 Å². The van der Waals surface area contributed by atoms with Crippen molar-refractivity contribution in [2.45, 2.75) is 25.8 Å². The van der Waals surface area contributed by atoms with Crippen LogP contribution in [0.4, 0.5) is 0 Å². The zero-order valence-corrected chi connectivity index (χ0v) is 16.0. The first-order valence-corrected chi connectivity index (χ1v) is 9.34. The predicted molar refractivity (Wildman–Crippen MR) is 109 cm³/mol. The van der Waals surface area contributed by atoms with E-state index in [1.807, 2.05) is 55.5 Å². The molecule has 0 aliphatic carbocycles. The second-order valence-corrected chi connectivity index (χ2v) is 7.01. The molecule has 1 aliphatic rings. The lowest BCUT2D eigenvalue weighted by Gasteiger charge is -2.27. The van der Waals surface area contributed by atoms with Gasteiger partial charge in [0.2, 0.25) is 5.88 Å². The zero-order chi connectivity index (χ0) is 20.4. The summed E-state index contributed by atoms with van der Waals surface area (Å²) in [4.78, 5) is 17.8. The molecular formula is C23H20N4O2. The van der Waals surface area contributed by atoms with Gasteiger partial charge in [-0.3, -0.25) is 9.78 Å². The Balaban J connectivity index is 1.84. The molecule has 1 aliphatic heterocycles. The number of aryl methyl sites for hydroxylation is 1. The largest absolute Gasteiger partial charge is 0.440 e. The van der Waals surface area contributed by atoms with Gasteiger partial charge >= 0.3 is 0 Å². The van der Waals surface area contributed by atoms with Crippen molar-refractivity contribution in [2.75, 3.05) is 0 Å². The molecule has 0 spiro atoms. The molecule has 3 aromatic rings. The Morgan fingerprint density at radius 3 is 2.66 bits per heavy atom. The summed E-state index contributed by atoms with van der Waals surface area (Å²) in [6.07, 6.45) is 2.19. The minimum Gasteiger partial charge on any atom is -0.440 e. The maximum Gasteiger partial charge on any atom is 0.258 e. The van der Waals surface area contributed by atoms with Crippen LogP contribution in [0.2, 0.25) is 0 Å². The highest BCUT2D eigenvalue weighted by molar-refractivity contribution is 5.50. The van der Waals surface area contributed by atoms with Crippen molar-refractivity contribution in [2.24, 2.45) is 5.73 Å². The number of nitrogens with zero attached hydrogens (tertiary/aromatic N) is 3. The number of allylic oxidation sites excluding steroid dienone is 1. The third kappa shape index (κ3) is 3.50. The fourth-order valence-corrected chi connectivity index (χ4v) is 3.69. The van der Waals surface area contributed by atoms with E-state index in [-0.39, 0.29) is 17.0 Å². The lowest BCUT2D eigenvalue weighted by Crippen LogP contribution is -2.33. The SMILES string of the molecule is Cc1cc2c(c(=O)n1Cc1ccccn1)C(Cc1ccccc1)C(C#N)=C(N)O2. The lowest BCUT2D eigenvalue weighted by molar-refractivity contribution is 0.382. The molecule has 2 N–H and O–H groups in total. The van der Waals surface area contributed by atoms with Gasteiger partial charge in [0.15, 0.2) is 0 Å². The van der Waals surface area contributed by atoms with E-state index in [4.69, 9.17) is 10.5 Å². The summed E-state index contributed by atoms with van der Waals surface area (Å²) in [7, 11) is 0. The van der Waals surface area contributed by atoms with E-state index in [1.54, 1.807) is 16.8 Å². The van der Waals surface area contributed by atoms with Gasteiger partial charge in [-0.05, 0) is 31.0 Å². The highest BCUT2D eigenvalue weighted by Gasteiger charge is 2.33. The minimum atomic E-state index is -0.464. The molecule has 6 nitrogen and oxygen atoms in total. The highest BCUT2D eigenvalue weighted by atomic mass is 16.5. The van der Waals surface area contributed by atoms with E-state index in [1.165, 1.54) is 0 Å². The maximum atomic E-state index is 13.5. The molecule has 0 saturated heterocycles. The average molecular weight is 384 g/mol. The topological polar surface area (TPSA) is 93.9 Å². The van der Waals surface area contributed by atoms with Crippen LogP contribution in [0.1, 0.15) is 28.4 Å². The fraction of sp³-hybridized carbons (Fsp3) is 0.174. The summed E-state index contributed by atoms with van der Waals surface area (Å²) < 4.78 is 7.34. The quantitative estimate of drug-likeness (QED) is 0.746. The predicted octanol–water partition coefficient (Wildman–Crippen LogP) is 3.01. The molecule has 0 saturated carbocycles. The van der Waals surface area contributed by atoms with Crippen LogP contribution in [-0.2, 0) is 13.0 Å². The van der Waals surface area contributed by atoms with E-state index in [0.29, 0.717) is 24.3 Å². The molecule has 1 aromatic carbocycles. The molecule has 0 fully saturated rings. The molecule has 3 heterocycles. The molecule has 144 valence electrons. The fourth-order valence-electron chi connectivity index (χ4n) is 3.69. The van der Waals surface area contributed by atoms with Crippen LogP contribution < -0.4 is 16.0 Å². The van der Waals surface area contributed by atoms with E-state index >= 15 is 0 Å². The number of aromatic nitrogens is 2. The van der Waals surface area contributed by atoms with Gasteiger partial charge in [-0.1, -0.05) is 36.4 Å². The van der Waals surface area contributed by atoms with E-state index in [2.05, 4.69) is 11.1 Å². The number of nitriles is 1. The standard InChI is InChI=1S/C23H20N4O2/c1-15-11-20-21(23(28)27(15)14-17-9-5-6-10-26-17)18(19(13-24)22(25)29-20)12-16-7-3-2-4-8-16/h2-11,18H,12,14,25H2,1H3. The number of nitrogens with two attached hydrogens (primary N) is 1. The first-order chi connectivity index (χ1) is 14.1. The van der Waals surface area contributed by atoms with Crippen molar-refractivity contribution in [3.05, 3.63) is 105 Å². The van der Waals surface area contributed by atoms with Gasteiger partial charge in [-0.25, -0.2) is 0 Å². The first kappa shape index (κ1) is 18.5.